The number of benzene rings is 1. The van der Waals surface area contributed by atoms with Crippen molar-refractivity contribution < 1.29 is 4.74 Å². The number of nitrogens with two attached hydrogens (primary N) is 1. The molecule has 0 fully saturated rings. The summed E-state index contributed by atoms with van der Waals surface area (Å²) in [5.74, 6) is 0.996. The highest BCUT2D eigenvalue weighted by molar-refractivity contribution is 5.36. The molecule has 2 rings (SSSR count). The third kappa shape index (κ3) is 2.38. The number of ether oxygens (including phenoxy) is 1. The molecule has 0 saturated heterocycles. The zero-order valence-corrected chi connectivity index (χ0v) is 11.1. The van der Waals surface area contributed by atoms with E-state index in [0.717, 1.165) is 22.7 Å². The molecule has 0 aliphatic carbocycles. The second kappa shape index (κ2) is 5.23. The number of nitrogens with zero attached hydrogens (tertiary/aromatic N) is 2. The molecule has 4 heteroatoms. The van der Waals surface area contributed by atoms with Crippen LogP contribution < -0.4 is 10.5 Å². The van der Waals surface area contributed by atoms with Gasteiger partial charge in [0.2, 0.25) is 0 Å². The van der Waals surface area contributed by atoms with Crippen LogP contribution in [0.25, 0.3) is 0 Å². The Hall–Kier alpha value is -1.81. The molecule has 2 N–H and O–H groups in total. The fraction of sp³-hybridized carbons (Fsp3) is 0.357. The highest BCUT2D eigenvalue weighted by Gasteiger charge is 2.17. The van der Waals surface area contributed by atoms with Crippen LogP contribution in [0.4, 0.5) is 0 Å². The number of hydrogen-bond donors (Lipinski definition) is 1. The van der Waals surface area contributed by atoms with E-state index >= 15 is 0 Å². The molecule has 0 bridgehead atoms. The Morgan fingerprint density at radius 2 is 2.17 bits per heavy atom. The zero-order chi connectivity index (χ0) is 13.1. The van der Waals surface area contributed by atoms with E-state index in [9.17, 15) is 0 Å². The monoisotopic (exact) mass is 245 g/mol. The zero-order valence-electron chi connectivity index (χ0n) is 11.1. The molecule has 4 nitrogen and oxygen atoms in total. The van der Waals surface area contributed by atoms with Crippen molar-refractivity contribution in [2.24, 2.45) is 12.8 Å². The summed E-state index contributed by atoms with van der Waals surface area (Å²) in [5, 5.41) is 4.38. The Kier molecular flexibility index (Phi) is 3.67. The van der Waals surface area contributed by atoms with Crippen LogP contribution in [0.1, 0.15) is 22.9 Å². The smallest absolute Gasteiger partial charge is 0.119 e. The SMILES string of the molecule is COc1cccc(C(CN)c2cc(C)nn2C)c1. The third-order valence-corrected chi connectivity index (χ3v) is 3.13. The first-order chi connectivity index (χ1) is 8.65. The van der Waals surface area contributed by atoms with Gasteiger partial charge in [-0.1, -0.05) is 12.1 Å². The van der Waals surface area contributed by atoms with Gasteiger partial charge < -0.3 is 10.5 Å². The third-order valence-electron chi connectivity index (χ3n) is 3.13. The molecule has 0 aliphatic heterocycles. The second-order valence-corrected chi connectivity index (χ2v) is 4.40. The summed E-state index contributed by atoms with van der Waals surface area (Å²) < 4.78 is 7.15. The largest absolute Gasteiger partial charge is 0.497 e. The number of rotatable bonds is 4. The lowest BCUT2D eigenvalue weighted by atomic mass is 9.95. The van der Waals surface area contributed by atoms with Crippen LogP contribution in [-0.2, 0) is 7.05 Å². The van der Waals surface area contributed by atoms with Gasteiger partial charge in [0.1, 0.15) is 5.75 Å². The van der Waals surface area contributed by atoms with Crippen LogP contribution in [0.2, 0.25) is 0 Å². The number of aromatic nitrogens is 2. The minimum atomic E-state index is 0.145. The van der Waals surface area contributed by atoms with Crippen LogP contribution in [-0.4, -0.2) is 23.4 Å². The lowest BCUT2D eigenvalue weighted by Gasteiger charge is -2.16. The van der Waals surface area contributed by atoms with Gasteiger partial charge in [-0.3, -0.25) is 4.68 Å². The number of hydrogen-bond acceptors (Lipinski definition) is 3. The molecule has 1 heterocycles. The number of aryl methyl sites for hydroxylation is 2. The Bertz CT molecular complexity index is 534. The molecule has 1 aromatic carbocycles. The first-order valence-corrected chi connectivity index (χ1v) is 6.00. The van der Waals surface area contributed by atoms with E-state index < -0.39 is 0 Å². The maximum Gasteiger partial charge on any atom is 0.119 e. The molecule has 0 radical (unpaired) electrons. The fourth-order valence-electron chi connectivity index (χ4n) is 2.24. The molecular formula is C14H19N3O. The topological polar surface area (TPSA) is 53.1 Å². The normalized spacial score (nSPS) is 12.4. The van der Waals surface area contributed by atoms with Crippen molar-refractivity contribution in [2.45, 2.75) is 12.8 Å². The highest BCUT2D eigenvalue weighted by Crippen LogP contribution is 2.26. The molecular weight excluding hydrogens is 226 g/mol. The van der Waals surface area contributed by atoms with Crippen molar-refractivity contribution >= 4 is 0 Å². The Morgan fingerprint density at radius 1 is 1.39 bits per heavy atom. The lowest BCUT2D eigenvalue weighted by Crippen LogP contribution is -2.17. The van der Waals surface area contributed by atoms with Gasteiger partial charge in [-0.15, -0.1) is 0 Å². The van der Waals surface area contributed by atoms with Gasteiger partial charge in [-0.2, -0.15) is 5.10 Å². The Morgan fingerprint density at radius 3 is 2.72 bits per heavy atom. The van der Waals surface area contributed by atoms with Crippen molar-refractivity contribution in [3.63, 3.8) is 0 Å². The van der Waals surface area contributed by atoms with E-state index in [1.807, 2.05) is 36.9 Å². The van der Waals surface area contributed by atoms with Crippen molar-refractivity contribution in [1.82, 2.24) is 9.78 Å². The van der Waals surface area contributed by atoms with Crippen LogP contribution in [0.15, 0.2) is 30.3 Å². The Balaban J connectivity index is 2.41. The second-order valence-electron chi connectivity index (χ2n) is 4.40. The fourth-order valence-corrected chi connectivity index (χ4v) is 2.24. The molecule has 0 spiro atoms. The van der Waals surface area contributed by atoms with Crippen LogP contribution in [0.3, 0.4) is 0 Å². The molecule has 1 atom stereocenters. The standard InChI is InChI=1S/C14H19N3O/c1-10-7-14(17(2)16-10)13(9-15)11-5-4-6-12(8-11)18-3/h4-8,13H,9,15H2,1-3H3. The van der Waals surface area contributed by atoms with Gasteiger partial charge in [-0.05, 0) is 30.7 Å². The molecule has 2 aromatic rings. The summed E-state index contributed by atoms with van der Waals surface area (Å²) in [4.78, 5) is 0. The van der Waals surface area contributed by atoms with Crippen LogP contribution in [0.5, 0.6) is 5.75 Å². The summed E-state index contributed by atoms with van der Waals surface area (Å²) in [6, 6.07) is 10.1. The summed E-state index contributed by atoms with van der Waals surface area (Å²) in [6.07, 6.45) is 0. The van der Waals surface area contributed by atoms with Gasteiger partial charge in [0.15, 0.2) is 0 Å². The summed E-state index contributed by atoms with van der Waals surface area (Å²) in [6.45, 7) is 2.54. The summed E-state index contributed by atoms with van der Waals surface area (Å²) >= 11 is 0. The van der Waals surface area contributed by atoms with Gasteiger partial charge in [0.05, 0.1) is 12.8 Å². The average molecular weight is 245 g/mol. The molecule has 1 unspecified atom stereocenters. The van der Waals surface area contributed by atoms with Crippen molar-refractivity contribution in [3.05, 3.63) is 47.3 Å². The van der Waals surface area contributed by atoms with E-state index in [1.165, 1.54) is 0 Å². The molecule has 18 heavy (non-hydrogen) atoms. The predicted molar refractivity (Wildman–Crippen MR) is 71.8 cm³/mol. The maximum atomic E-state index is 5.92. The molecule has 0 aliphatic rings. The quantitative estimate of drug-likeness (QED) is 0.894. The summed E-state index contributed by atoms with van der Waals surface area (Å²) in [7, 11) is 3.62. The van der Waals surface area contributed by atoms with E-state index in [4.69, 9.17) is 10.5 Å². The molecule has 96 valence electrons. The van der Waals surface area contributed by atoms with Gasteiger partial charge in [0.25, 0.3) is 0 Å². The van der Waals surface area contributed by atoms with E-state index in [1.54, 1.807) is 7.11 Å². The van der Waals surface area contributed by atoms with Gasteiger partial charge >= 0.3 is 0 Å². The molecule has 0 saturated carbocycles. The van der Waals surface area contributed by atoms with Gasteiger partial charge in [0, 0.05) is 25.2 Å². The molecule has 0 amide bonds. The van der Waals surface area contributed by atoms with Crippen molar-refractivity contribution in [1.29, 1.82) is 0 Å². The first kappa shape index (κ1) is 12.6. The minimum Gasteiger partial charge on any atom is -0.497 e. The van der Waals surface area contributed by atoms with Crippen LogP contribution >= 0.6 is 0 Å². The highest BCUT2D eigenvalue weighted by atomic mass is 16.5. The van der Waals surface area contributed by atoms with E-state index in [2.05, 4.69) is 17.2 Å². The lowest BCUT2D eigenvalue weighted by molar-refractivity contribution is 0.414. The predicted octanol–water partition coefficient (Wildman–Crippen LogP) is 1.83. The van der Waals surface area contributed by atoms with E-state index in [-0.39, 0.29) is 5.92 Å². The van der Waals surface area contributed by atoms with E-state index in [0.29, 0.717) is 6.54 Å². The maximum absolute atomic E-state index is 5.92. The Labute approximate surface area is 107 Å². The number of methoxy groups -OCH3 is 1. The minimum absolute atomic E-state index is 0.145. The van der Waals surface area contributed by atoms with Crippen LogP contribution in [0, 0.1) is 6.92 Å². The van der Waals surface area contributed by atoms with Crippen molar-refractivity contribution in [3.8, 4) is 5.75 Å². The summed E-state index contributed by atoms with van der Waals surface area (Å²) in [5.41, 5.74) is 9.21. The van der Waals surface area contributed by atoms with Gasteiger partial charge in [-0.25, -0.2) is 0 Å². The average Bonchev–Trinajstić information content (AvgIpc) is 2.70. The molecule has 1 aromatic heterocycles. The first-order valence-electron chi connectivity index (χ1n) is 6.00. The van der Waals surface area contributed by atoms with Crippen molar-refractivity contribution in [2.75, 3.05) is 13.7 Å².